The third-order valence-electron chi connectivity index (χ3n) is 6.36. The van der Waals surface area contributed by atoms with Crippen molar-refractivity contribution >= 4 is 11.8 Å². The fraction of sp³-hybridized carbons (Fsp3) is 0.700. The first-order valence-corrected chi connectivity index (χ1v) is 10.3. The summed E-state index contributed by atoms with van der Waals surface area (Å²) in [4.78, 5) is 49.3. The van der Waals surface area contributed by atoms with E-state index < -0.39 is 0 Å². The molecule has 0 radical (unpaired) electrons. The van der Waals surface area contributed by atoms with Gasteiger partial charge >= 0.3 is 0 Å². The van der Waals surface area contributed by atoms with Crippen LogP contribution in [0.3, 0.4) is 0 Å². The minimum absolute atomic E-state index is 0.0992. The second-order valence-corrected chi connectivity index (χ2v) is 8.48. The number of hydrogen-bond donors (Lipinski definition) is 1. The standard InChI is InChI=1S/C20H26N4O3/c25-18-14-8-10-23(19(26)12-4-5-12)11-15(14)21-17(22-18)16-3-1-2-9-24(16)20(27)13-6-7-13/h12-13,16H,1-11H2,(H,21,22,25)/t16-/m1/s1. The molecule has 0 unspecified atom stereocenters. The van der Waals surface area contributed by atoms with E-state index in [9.17, 15) is 14.4 Å². The van der Waals surface area contributed by atoms with Crippen LogP contribution in [0.1, 0.15) is 68.1 Å². The smallest absolute Gasteiger partial charge is 0.254 e. The zero-order chi connectivity index (χ0) is 18.5. The SMILES string of the molecule is O=C(C1CC1)N1CCc2c(nc([C@H]3CCCCN3C(=O)C3CC3)[nH]c2=O)C1. The van der Waals surface area contributed by atoms with E-state index >= 15 is 0 Å². The molecule has 0 aromatic carbocycles. The quantitative estimate of drug-likeness (QED) is 0.874. The summed E-state index contributed by atoms with van der Waals surface area (Å²) in [5.74, 6) is 1.37. The number of carbonyl (C=O) groups is 2. The van der Waals surface area contributed by atoms with Crippen LogP contribution in [0.2, 0.25) is 0 Å². The van der Waals surface area contributed by atoms with Gasteiger partial charge in [0.2, 0.25) is 11.8 Å². The molecule has 5 rings (SSSR count). The zero-order valence-electron chi connectivity index (χ0n) is 15.6. The van der Waals surface area contributed by atoms with Gasteiger partial charge in [-0.15, -0.1) is 0 Å². The molecule has 7 heteroatoms. The van der Waals surface area contributed by atoms with Crippen LogP contribution in [0.5, 0.6) is 0 Å². The molecule has 1 aromatic heterocycles. The van der Waals surface area contributed by atoms with Crippen LogP contribution in [-0.4, -0.2) is 44.7 Å². The van der Waals surface area contributed by atoms with E-state index in [2.05, 4.69) is 4.98 Å². The summed E-state index contributed by atoms with van der Waals surface area (Å²) < 4.78 is 0. The molecule has 1 saturated heterocycles. The van der Waals surface area contributed by atoms with Crippen LogP contribution >= 0.6 is 0 Å². The van der Waals surface area contributed by atoms with Gasteiger partial charge in [0.1, 0.15) is 5.82 Å². The van der Waals surface area contributed by atoms with E-state index in [1.807, 2.05) is 9.80 Å². The molecule has 4 aliphatic rings. The van der Waals surface area contributed by atoms with Crippen molar-refractivity contribution in [3.63, 3.8) is 0 Å². The van der Waals surface area contributed by atoms with Crippen molar-refractivity contribution in [1.82, 2.24) is 19.8 Å². The Kier molecular flexibility index (Phi) is 4.06. The topological polar surface area (TPSA) is 86.4 Å². The first-order valence-electron chi connectivity index (χ1n) is 10.3. The lowest BCUT2D eigenvalue weighted by molar-refractivity contribution is -0.136. The maximum absolute atomic E-state index is 12.7. The highest BCUT2D eigenvalue weighted by Gasteiger charge is 2.39. The van der Waals surface area contributed by atoms with Crippen LogP contribution < -0.4 is 5.56 Å². The Morgan fingerprint density at radius 1 is 0.963 bits per heavy atom. The van der Waals surface area contributed by atoms with Gasteiger partial charge < -0.3 is 14.8 Å². The third kappa shape index (κ3) is 3.17. The van der Waals surface area contributed by atoms with Crippen molar-refractivity contribution < 1.29 is 9.59 Å². The van der Waals surface area contributed by atoms with E-state index in [0.717, 1.165) is 57.2 Å². The molecule has 27 heavy (non-hydrogen) atoms. The summed E-state index contributed by atoms with van der Waals surface area (Å²) in [6, 6.07) is -0.139. The first-order chi connectivity index (χ1) is 13.1. The highest BCUT2D eigenvalue weighted by atomic mass is 16.2. The van der Waals surface area contributed by atoms with Gasteiger partial charge in [-0.25, -0.2) is 4.98 Å². The minimum atomic E-state index is -0.139. The molecule has 3 fully saturated rings. The monoisotopic (exact) mass is 370 g/mol. The van der Waals surface area contributed by atoms with E-state index in [4.69, 9.17) is 4.98 Å². The van der Waals surface area contributed by atoms with Gasteiger partial charge in [-0.2, -0.15) is 0 Å². The molecule has 7 nitrogen and oxygen atoms in total. The number of likely N-dealkylation sites (tertiary alicyclic amines) is 1. The van der Waals surface area contributed by atoms with Crippen molar-refractivity contribution in [3.05, 3.63) is 27.4 Å². The number of rotatable bonds is 3. The minimum Gasteiger partial charge on any atom is -0.336 e. The Balaban J connectivity index is 1.43. The van der Waals surface area contributed by atoms with Crippen LogP contribution in [0, 0.1) is 11.8 Å². The largest absolute Gasteiger partial charge is 0.336 e. The summed E-state index contributed by atoms with van der Waals surface area (Å²) in [5.41, 5.74) is 1.32. The lowest BCUT2D eigenvalue weighted by Gasteiger charge is -2.36. The number of amides is 2. The molecule has 2 aliphatic carbocycles. The Labute approximate surface area is 158 Å². The van der Waals surface area contributed by atoms with Crippen molar-refractivity contribution in [3.8, 4) is 0 Å². The Hall–Kier alpha value is -2.18. The number of hydrogen-bond acceptors (Lipinski definition) is 4. The molecule has 0 spiro atoms. The number of H-pyrrole nitrogens is 1. The molecule has 2 amide bonds. The molecule has 144 valence electrons. The van der Waals surface area contributed by atoms with Gasteiger partial charge in [0.25, 0.3) is 5.56 Å². The Morgan fingerprint density at radius 2 is 1.70 bits per heavy atom. The summed E-state index contributed by atoms with van der Waals surface area (Å²) >= 11 is 0. The van der Waals surface area contributed by atoms with Crippen molar-refractivity contribution in [1.29, 1.82) is 0 Å². The van der Waals surface area contributed by atoms with Crippen LogP contribution in [0.15, 0.2) is 4.79 Å². The zero-order valence-corrected chi connectivity index (χ0v) is 15.6. The first kappa shape index (κ1) is 17.0. The number of aromatic nitrogens is 2. The number of nitrogens with zero attached hydrogens (tertiary/aromatic N) is 3. The summed E-state index contributed by atoms with van der Waals surface area (Å²) in [6.07, 6.45) is 7.37. The molecule has 0 bridgehead atoms. The van der Waals surface area contributed by atoms with Crippen molar-refractivity contribution in [2.24, 2.45) is 11.8 Å². The maximum Gasteiger partial charge on any atom is 0.254 e. The average molecular weight is 370 g/mol. The summed E-state index contributed by atoms with van der Waals surface area (Å²) in [7, 11) is 0. The number of piperidine rings is 1. The van der Waals surface area contributed by atoms with Gasteiger partial charge in [-0.1, -0.05) is 0 Å². The van der Waals surface area contributed by atoms with Crippen molar-refractivity contribution in [2.45, 2.75) is 64.0 Å². The van der Waals surface area contributed by atoms with Crippen LogP contribution in [0.25, 0.3) is 0 Å². The molecule has 1 aromatic rings. The van der Waals surface area contributed by atoms with E-state index in [0.29, 0.717) is 30.9 Å². The lowest BCUT2D eigenvalue weighted by atomic mass is 9.99. The van der Waals surface area contributed by atoms with Gasteiger partial charge in [-0.05, 0) is 51.4 Å². The fourth-order valence-corrected chi connectivity index (χ4v) is 4.44. The Bertz CT molecular complexity index is 840. The van der Waals surface area contributed by atoms with E-state index in [1.54, 1.807) is 0 Å². The molecule has 1 N–H and O–H groups in total. The molecule has 1 atom stereocenters. The van der Waals surface area contributed by atoms with Crippen molar-refractivity contribution in [2.75, 3.05) is 13.1 Å². The van der Waals surface area contributed by atoms with Crippen LogP contribution in [-0.2, 0) is 22.6 Å². The fourth-order valence-electron chi connectivity index (χ4n) is 4.44. The number of fused-ring (bicyclic) bond motifs is 1. The predicted octanol–water partition coefficient (Wildman–Crippen LogP) is 1.53. The molecule has 2 saturated carbocycles. The highest BCUT2D eigenvalue weighted by molar-refractivity contribution is 5.82. The lowest BCUT2D eigenvalue weighted by Crippen LogP contribution is -2.43. The molecule has 3 heterocycles. The highest BCUT2D eigenvalue weighted by Crippen LogP contribution is 2.37. The summed E-state index contributed by atoms with van der Waals surface area (Å²) in [5, 5.41) is 0. The normalized spacial score (nSPS) is 25.3. The number of nitrogens with one attached hydrogen (secondary N) is 1. The van der Waals surface area contributed by atoms with Gasteiger partial charge in [0, 0.05) is 30.5 Å². The average Bonchev–Trinajstić information content (AvgIpc) is 3.58. The molecule has 2 aliphatic heterocycles. The predicted molar refractivity (Wildman–Crippen MR) is 97.7 cm³/mol. The molecular formula is C20H26N4O3. The van der Waals surface area contributed by atoms with Gasteiger partial charge in [-0.3, -0.25) is 14.4 Å². The number of aromatic amines is 1. The maximum atomic E-state index is 12.7. The second kappa shape index (κ2) is 6.46. The number of carbonyl (C=O) groups excluding carboxylic acids is 2. The van der Waals surface area contributed by atoms with E-state index in [-0.39, 0.29) is 35.3 Å². The summed E-state index contributed by atoms with van der Waals surface area (Å²) in [6.45, 7) is 1.76. The van der Waals surface area contributed by atoms with Crippen LogP contribution in [0.4, 0.5) is 0 Å². The Morgan fingerprint density at radius 3 is 2.44 bits per heavy atom. The van der Waals surface area contributed by atoms with Gasteiger partial charge in [0.05, 0.1) is 18.3 Å². The molecular weight excluding hydrogens is 344 g/mol. The second-order valence-electron chi connectivity index (χ2n) is 8.48. The van der Waals surface area contributed by atoms with Gasteiger partial charge in [0.15, 0.2) is 0 Å². The third-order valence-corrected chi connectivity index (χ3v) is 6.36. The van der Waals surface area contributed by atoms with E-state index in [1.165, 1.54) is 0 Å².